The standard InChI is InChI=1S/C28H51N7O3/c29-12-1-2-26(36)32-23-7-3-20(4-8-23)18-35-24-17-22(27(31)33-38)6-5-21(24)16-25(35)28(37)34-14-10-19(9-13-30)11-15-34/h19-25,38H,1-18,29-30H2,(H2,31,33)(H,32,36). The minimum Gasteiger partial charge on any atom is -0.409 e. The Balaban J connectivity index is 1.39. The molecule has 10 heteroatoms. The molecule has 2 saturated carbocycles. The van der Waals surface area contributed by atoms with Crippen LogP contribution in [0.2, 0.25) is 0 Å². The third kappa shape index (κ3) is 7.18. The van der Waals surface area contributed by atoms with Crippen molar-refractivity contribution in [2.75, 3.05) is 32.7 Å². The second-order valence-corrected chi connectivity index (χ2v) is 12.3. The lowest BCUT2D eigenvalue weighted by Gasteiger charge is -2.41. The number of rotatable bonds is 10. The van der Waals surface area contributed by atoms with Crippen LogP contribution in [0.3, 0.4) is 0 Å². The highest BCUT2D eigenvalue weighted by Gasteiger charge is 2.49. The van der Waals surface area contributed by atoms with Crippen LogP contribution in [0.5, 0.6) is 0 Å². The number of oxime groups is 1. The van der Waals surface area contributed by atoms with E-state index in [-0.39, 0.29) is 23.9 Å². The zero-order valence-corrected chi connectivity index (χ0v) is 23.1. The summed E-state index contributed by atoms with van der Waals surface area (Å²) in [6.07, 6.45) is 12.2. The summed E-state index contributed by atoms with van der Waals surface area (Å²) < 4.78 is 0. The molecule has 0 aromatic carbocycles. The fraction of sp³-hybridized carbons (Fsp3) is 0.893. The van der Waals surface area contributed by atoms with Gasteiger partial charge in [-0.3, -0.25) is 14.5 Å². The van der Waals surface area contributed by atoms with Crippen molar-refractivity contribution in [3.63, 3.8) is 0 Å². The number of nitrogens with two attached hydrogens (primary N) is 3. The highest BCUT2D eigenvalue weighted by molar-refractivity contribution is 5.83. The molecule has 0 radical (unpaired) electrons. The van der Waals surface area contributed by atoms with Gasteiger partial charge in [-0.1, -0.05) is 5.16 Å². The molecule has 2 saturated heterocycles. The van der Waals surface area contributed by atoms with E-state index in [0.717, 1.165) is 103 Å². The second kappa shape index (κ2) is 13.9. The first-order valence-electron chi connectivity index (χ1n) is 15.1. The van der Waals surface area contributed by atoms with Crippen molar-refractivity contribution >= 4 is 17.6 Å². The molecule has 0 bridgehead atoms. The number of amidine groups is 1. The number of hydrogen-bond acceptors (Lipinski definition) is 7. The molecular formula is C28H51N7O3. The lowest BCUT2D eigenvalue weighted by molar-refractivity contribution is -0.138. The van der Waals surface area contributed by atoms with E-state index >= 15 is 0 Å². The SMILES string of the molecule is NCCCC(=O)NC1CCC(CN2C(C(=O)N3CCC(CCN)CC3)CC3CCC(/C(N)=N/O)CC32)CC1. The van der Waals surface area contributed by atoms with Crippen molar-refractivity contribution < 1.29 is 14.8 Å². The maximum Gasteiger partial charge on any atom is 0.239 e. The first kappa shape index (κ1) is 29.1. The van der Waals surface area contributed by atoms with E-state index in [0.29, 0.717) is 48.5 Å². The summed E-state index contributed by atoms with van der Waals surface area (Å²) in [5, 5.41) is 15.8. The molecule has 4 atom stereocenters. The molecule has 4 rings (SSSR count). The van der Waals surface area contributed by atoms with Gasteiger partial charge in [0.05, 0.1) is 6.04 Å². The largest absolute Gasteiger partial charge is 0.409 e. The number of hydrogen-bond donors (Lipinski definition) is 5. The van der Waals surface area contributed by atoms with Gasteiger partial charge < -0.3 is 32.6 Å². The van der Waals surface area contributed by atoms with Crippen molar-refractivity contribution in [3.8, 4) is 0 Å². The summed E-state index contributed by atoms with van der Waals surface area (Å²) in [6, 6.07) is 0.469. The van der Waals surface area contributed by atoms with E-state index < -0.39 is 0 Å². The Morgan fingerprint density at radius 1 is 0.921 bits per heavy atom. The van der Waals surface area contributed by atoms with Gasteiger partial charge in [-0.15, -0.1) is 0 Å². The molecule has 0 aromatic heterocycles. The average Bonchev–Trinajstić information content (AvgIpc) is 3.30. The summed E-state index contributed by atoms with van der Waals surface area (Å²) in [5.74, 6) is 2.44. The van der Waals surface area contributed by atoms with Crippen LogP contribution in [0.4, 0.5) is 0 Å². The van der Waals surface area contributed by atoms with Crippen molar-refractivity contribution in [1.82, 2.24) is 15.1 Å². The van der Waals surface area contributed by atoms with Gasteiger partial charge in [0.25, 0.3) is 0 Å². The number of likely N-dealkylation sites (tertiary alicyclic amines) is 2. The summed E-state index contributed by atoms with van der Waals surface area (Å²) in [6.45, 7) is 3.85. The van der Waals surface area contributed by atoms with Crippen molar-refractivity contribution in [2.45, 2.75) is 102 Å². The fourth-order valence-corrected chi connectivity index (χ4v) is 7.64. The zero-order chi connectivity index (χ0) is 27.1. The average molecular weight is 534 g/mol. The number of fused-ring (bicyclic) bond motifs is 1. The molecule has 38 heavy (non-hydrogen) atoms. The van der Waals surface area contributed by atoms with Crippen LogP contribution < -0.4 is 22.5 Å². The summed E-state index contributed by atoms with van der Waals surface area (Å²) in [7, 11) is 0. The Kier molecular flexibility index (Phi) is 10.7. The van der Waals surface area contributed by atoms with E-state index in [9.17, 15) is 14.8 Å². The number of carbonyl (C=O) groups is 2. The van der Waals surface area contributed by atoms with Gasteiger partial charge in [-0.2, -0.15) is 0 Å². The number of carbonyl (C=O) groups excluding carboxylic acids is 2. The monoisotopic (exact) mass is 533 g/mol. The van der Waals surface area contributed by atoms with Crippen molar-refractivity contribution in [1.29, 1.82) is 0 Å². The van der Waals surface area contributed by atoms with Gasteiger partial charge in [-0.25, -0.2) is 0 Å². The minimum atomic E-state index is -0.0733. The molecule has 0 spiro atoms. The maximum atomic E-state index is 13.9. The number of nitrogens with zero attached hydrogens (tertiary/aromatic N) is 3. The second-order valence-electron chi connectivity index (χ2n) is 12.3. The predicted molar refractivity (Wildman–Crippen MR) is 148 cm³/mol. The Hall–Kier alpha value is -1.91. The Bertz CT molecular complexity index is 808. The van der Waals surface area contributed by atoms with E-state index in [2.05, 4.69) is 20.3 Å². The zero-order valence-electron chi connectivity index (χ0n) is 23.1. The van der Waals surface area contributed by atoms with Crippen LogP contribution in [-0.4, -0.2) is 83.5 Å². The quantitative estimate of drug-likeness (QED) is 0.123. The van der Waals surface area contributed by atoms with Crippen molar-refractivity contribution in [2.24, 2.45) is 46.0 Å². The van der Waals surface area contributed by atoms with Gasteiger partial charge >= 0.3 is 0 Å². The normalized spacial score (nSPS) is 33.2. The molecule has 2 aliphatic heterocycles. The predicted octanol–water partition coefficient (Wildman–Crippen LogP) is 1.59. The molecular weight excluding hydrogens is 482 g/mol. The number of nitrogens with one attached hydrogen (secondary N) is 1. The lowest BCUT2D eigenvalue weighted by atomic mass is 9.77. The molecule has 8 N–H and O–H groups in total. The highest BCUT2D eigenvalue weighted by atomic mass is 16.4. The van der Waals surface area contributed by atoms with Crippen LogP contribution in [0.25, 0.3) is 0 Å². The highest BCUT2D eigenvalue weighted by Crippen LogP contribution is 2.44. The summed E-state index contributed by atoms with van der Waals surface area (Å²) >= 11 is 0. The molecule has 0 aromatic rings. The molecule has 2 heterocycles. The summed E-state index contributed by atoms with van der Waals surface area (Å²) in [5.41, 5.74) is 17.4. The minimum absolute atomic E-state index is 0.0732. The molecule has 10 nitrogen and oxygen atoms in total. The first-order chi connectivity index (χ1) is 18.4. The molecule has 2 amide bonds. The van der Waals surface area contributed by atoms with Gasteiger partial charge in [0.2, 0.25) is 11.8 Å². The van der Waals surface area contributed by atoms with Crippen LogP contribution in [0, 0.1) is 23.7 Å². The Morgan fingerprint density at radius 2 is 1.66 bits per heavy atom. The molecule has 4 unspecified atom stereocenters. The molecule has 4 aliphatic rings. The van der Waals surface area contributed by atoms with E-state index in [4.69, 9.17) is 17.2 Å². The van der Waals surface area contributed by atoms with Gasteiger partial charge in [0, 0.05) is 44.1 Å². The Morgan fingerprint density at radius 3 is 2.32 bits per heavy atom. The van der Waals surface area contributed by atoms with Crippen LogP contribution in [0.1, 0.15) is 83.5 Å². The third-order valence-electron chi connectivity index (χ3n) is 9.92. The van der Waals surface area contributed by atoms with E-state index in [1.54, 1.807) is 0 Å². The maximum absolute atomic E-state index is 13.9. The molecule has 2 aliphatic carbocycles. The van der Waals surface area contributed by atoms with Crippen LogP contribution in [0.15, 0.2) is 5.16 Å². The van der Waals surface area contributed by atoms with Crippen LogP contribution >= 0.6 is 0 Å². The van der Waals surface area contributed by atoms with Gasteiger partial charge in [-0.05, 0) is 108 Å². The Labute approximate surface area is 228 Å². The van der Waals surface area contributed by atoms with E-state index in [1.165, 1.54) is 0 Å². The fourth-order valence-electron chi connectivity index (χ4n) is 7.64. The lowest BCUT2D eigenvalue weighted by Crippen LogP contribution is -2.52. The van der Waals surface area contributed by atoms with Crippen LogP contribution in [-0.2, 0) is 9.59 Å². The van der Waals surface area contributed by atoms with Gasteiger partial charge in [0.1, 0.15) is 5.84 Å². The number of amides is 2. The van der Waals surface area contributed by atoms with E-state index in [1.807, 2.05) is 0 Å². The molecule has 216 valence electrons. The summed E-state index contributed by atoms with van der Waals surface area (Å²) in [4.78, 5) is 30.7. The smallest absolute Gasteiger partial charge is 0.239 e. The van der Waals surface area contributed by atoms with Crippen molar-refractivity contribution in [3.05, 3.63) is 0 Å². The first-order valence-corrected chi connectivity index (χ1v) is 15.1. The number of piperidine rings is 1. The third-order valence-corrected chi connectivity index (χ3v) is 9.92. The topological polar surface area (TPSA) is 163 Å². The van der Waals surface area contributed by atoms with Gasteiger partial charge in [0.15, 0.2) is 0 Å². The molecule has 4 fully saturated rings.